The summed E-state index contributed by atoms with van der Waals surface area (Å²) in [5, 5.41) is 36.8. The smallest absolute Gasteiger partial charge is 0.367 e. The second kappa shape index (κ2) is 17.1. The van der Waals surface area contributed by atoms with Gasteiger partial charge in [0.2, 0.25) is 12.1 Å². The van der Waals surface area contributed by atoms with Gasteiger partial charge in [-0.05, 0) is 112 Å². The summed E-state index contributed by atoms with van der Waals surface area (Å²) in [6.45, 7) is 8.18. The van der Waals surface area contributed by atoms with Crippen LogP contribution in [0.5, 0.6) is 0 Å². The fourth-order valence-corrected chi connectivity index (χ4v) is 4.56. The molecule has 0 radical (unpaired) electrons. The van der Waals surface area contributed by atoms with Gasteiger partial charge in [0.25, 0.3) is 11.8 Å². The van der Waals surface area contributed by atoms with E-state index in [9.17, 15) is 48.6 Å². The van der Waals surface area contributed by atoms with Gasteiger partial charge in [-0.2, -0.15) is 0 Å². The lowest BCUT2D eigenvalue weighted by Gasteiger charge is -2.12. The molecular weight excluding hydrogens is 684 g/mol. The lowest BCUT2D eigenvalue weighted by atomic mass is 9.98. The normalized spacial score (nSPS) is 12.1. The maximum absolute atomic E-state index is 12.8. The van der Waals surface area contributed by atoms with Crippen LogP contribution in [0.2, 0.25) is 0 Å². The van der Waals surface area contributed by atoms with E-state index in [1.54, 1.807) is 0 Å². The molecule has 2 atom stereocenters. The molecule has 3 aromatic carbocycles. The van der Waals surface area contributed by atoms with E-state index < -0.39 is 59.3 Å². The van der Waals surface area contributed by atoms with Gasteiger partial charge in [0.15, 0.2) is 11.6 Å². The molecule has 0 aliphatic heterocycles. The van der Waals surface area contributed by atoms with Crippen LogP contribution in [-0.4, -0.2) is 69.6 Å². The summed E-state index contributed by atoms with van der Waals surface area (Å²) >= 11 is 0. The van der Waals surface area contributed by atoms with Gasteiger partial charge in [-0.3, -0.25) is 28.9 Å². The third kappa shape index (κ3) is 9.59. The van der Waals surface area contributed by atoms with Gasteiger partial charge in [0.1, 0.15) is 0 Å². The molecule has 0 aromatic heterocycles. The first kappa shape index (κ1) is 39.5. The first-order chi connectivity index (χ1) is 24.4. The largest absolute Gasteiger partial charge is 0.478 e. The number of rotatable bonds is 14. The van der Waals surface area contributed by atoms with Crippen LogP contribution in [-0.2, 0) is 28.9 Å². The first-order valence-corrected chi connectivity index (χ1v) is 15.1. The lowest BCUT2D eigenvalue weighted by Crippen LogP contribution is -2.32. The highest BCUT2D eigenvalue weighted by Crippen LogP contribution is 2.21. The first-order valence-electron chi connectivity index (χ1n) is 15.1. The molecule has 270 valence electrons. The molecule has 2 unspecified atom stereocenters. The van der Waals surface area contributed by atoms with Gasteiger partial charge in [0.05, 0.1) is 22.3 Å². The summed E-state index contributed by atoms with van der Waals surface area (Å²) in [6, 6.07) is 6.90. The van der Waals surface area contributed by atoms with Crippen molar-refractivity contribution in [1.29, 1.82) is 0 Å². The number of hydrogen-bond acceptors (Lipinski definition) is 14. The molecule has 0 saturated heterocycles. The van der Waals surface area contributed by atoms with Gasteiger partial charge in [-0.15, -0.1) is 10.2 Å². The number of amides is 2. The summed E-state index contributed by atoms with van der Waals surface area (Å²) in [5.74, 6) is -7.68. The van der Waals surface area contributed by atoms with Crippen molar-refractivity contribution in [3.05, 3.63) is 93.0 Å². The number of carboxylic acid groups (broad SMARTS) is 2. The minimum Gasteiger partial charge on any atom is -0.478 e. The quantitative estimate of drug-likeness (QED) is 0.102. The van der Waals surface area contributed by atoms with Gasteiger partial charge in [-0.1, -0.05) is 0 Å². The average Bonchev–Trinajstić information content (AvgIpc) is 3.07. The van der Waals surface area contributed by atoms with E-state index in [0.717, 1.165) is 13.8 Å². The van der Waals surface area contributed by atoms with Crippen LogP contribution in [0.25, 0.3) is 0 Å². The number of Topliss-reactive ketones (excluding diaryl/α,β-unsaturated/α-hetero) is 2. The molecule has 18 heteroatoms. The van der Waals surface area contributed by atoms with Crippen molar-refractivity contribution in [2.24, 2.45) is 20.8 Å². The summed E-state index contributed by atoms with van der Waals surface area (Å²) in [5.41, 5.74) is 1.65. The molecule has 18 nitrogen and oxygen atoms in total. The predicted molar refractivity (Wildman–Crippen MR) is 179 cm³/mol. The van der Waals surface area contributed by atoms with Crippen molar-refractivity contribution in [1.82, 2.24) is 0 Å². The fourth-order valence-electron chi connectivity index (χ4n) is 4.56. The van der Waals surface area contributed by atoms with Crippen LogP contribution in [0.15, 0.2) is 69.3 Å². The van der Waals surface area contributed by atoms with Crippen molar-refractivity contribution in [3.8, 4) is 0 Å². The summed E-state index contributed by atoms with van der Waals surface area (Å²) in [4.78, 5) is 107. The molecule has 3 rings (SSSR count). The molecule has 0 fully saturated rings. The van der Waals surface area contributed by atoms with E-state index >= 15 is 0 Å². The van der Waals surface area contributed by atoms with Crippen LogP contribution in [0.4, 0.5) is 11.4 Å². The minimum atomic E-state index is -1.71. The van der Waals surface area contributed by atoms with E-state index in [1.165, 1.54) is 76.2 Å². The van der Waals surface area contributed by atoms with Crippen molar-refractivity contribution in [2.75, 3.05) is 10.6 Å². The number of benzene rings is 3. The SMILES string of the molecule is CC(=O)C(N=NOC(=O)c1ccc(C(=O)O)c(C)c1C)C(=O)Nc1ccc(NC(=O)C(N=NOC(=O)c2ccc(C(=O)O)c(C)c2C)C(C)=O)cc1. The molecule has 0 bridgehead atoms. The Morgan fingerprint density at radius 3 is 1.10 bits per heavy atom. The highest BCUT2D eigenvalue weighted by atomic mass is 16.7. The standard InChI is InChI=1S/C34H32N6O12/c1-15-17(3)25(13-11-23(15)31(45)46)33(49)51-39-37-27(19(5)41)29(43)35-21-7-9-22(10-8-21)36-30(44)28(20(6)42)38-40-52-34(50)26-14-12-24(32(47)48)16(2)18(26)4/h7-14,27-28H,1-6H3,(H,35,43)(H,36,44)(H,45,46)(H,47,48). The zero-order valence-corrected chi connectivity index (χ0v) is 28.5. The molecule has 3 aromatic rings. The molecule has 0 saturated carbocycles. The highest BCUT2D eigenvalue weighted by Gasteiger charge is 2.26. The zero-order valence-electron chi connectivity index (χ0n) is 28.5. The van der Waals surface area contributed by atoms with Crippen LogP contribution in [0.3, 0.4) is 0 Å². The Bertz CT molecular complexity index is 1890. The Labute approximate surface area is 294 Å². The Hall–Kier alpha value is -6.98. The number of nitrogens with zero attached hydrogens (tertiary/aromatic N) is 4. The van der Waals surface area contributed by atoms with Crippen LogP contribution >= 0.6 is 0 Å². The number of carbonyl (C=O) groups excluding carboxylic acids is 6. The Morgan fingerprint density at radius 2 is 0.808 bits per heavy atom. The van der Waals surface area contributed by atoms with E-state index in [4.69, 9.17) is 9.68 Å². The van der Waals surface area contributed by atoms with Crippen LogP contribution in [0, 0.1) is 27.7 Å². The monoisotopic (exact) mass is 716 g/mol. The second-order valence-electron chi connectivity index (χ2n) is 11.2. The van der Waals surface area contributed by atoms with Crippen molar-refractivity contribution >= 4 is 58.6 Å². The Kier molecular flexibility index (Phi) is 13.0. The van der Waals surface area contributed by atoms with Gasteiger partial charge >= 0.3 is 23.9 Å². The maximum atomic E-state index is 12.8. The van der Waals surface area contributed by atoms with Crippen molar-refractivity contribution in [3.63, 3.8) is 0 Å². The second-order valence-corrected chi connectivity index (χ2v) is 11.2. The number of nitrogens with one attached hydrogen (secondary N) is 2. The number of ketones is 2. The summed E-state index contributed by atoms with van der Waals surface area (Å²) in [6.07, 6.45) is 0. The topological polar surface area (TPSA) is 269 Å². The summed E-state index contributed by atoms with van der Waals surface area (Å²) < 4.78 is 0. The lowest BCUT2D eigenvalue weighted by molar-refractivity contribution is -0.128. The summed E-state index contributed by atoms with van der Waals surface area (Å²) in [7, 11) is 0. The maximum Gasteiger partial charge on any atom is 0.367 e. The zero-order chi connectivity index (χ0) is 38.9. The van der Waals surface area contributed by atoms with E-state index in [0.29, 0.717) is 22.3 Å². The molecule has 0 spiro atoms. The molecular formula is C34H32N6O12. The third-order valence-corrected chi connectivity index (χ3v) is 7.73. The van der Waals surface area contributed by atoms with E-state index in [1.807, 2.05) is 0 Å². The molecule has 52 heavy (non-hydrogen) atoms. The van der Waals surface area contributed by atoms with Gasteiger partial charge < -0.3 is 20.8 Å². The number of hydrogen-bond donors (Lipinski definition) is 4. The minimum absolute atomic E-state index is 0.00238. The predicted octanol–water partition coefficient (Wildman–Crippen LogP) is 4.56. The van der Waals surface area contributed by atoms with Gasteiger partial charge in [0, 0.05) is 21.9 Å². The molecule has 0 heterocycles. The number of aromatic carboxylic acids is 2. The molecule has 4 N–H and O–H groups in total. The van der Waals surface area contributed by atoms with Crippen molar-refractivity contribution < 1.29 is 58.2 Å². The average molecular weight is 717 g/mol. The molecule has 0 aliphatic rings. The van der Waals surface area contributed by atoms with Crippen molar-refractivity contribution in [2.45, 2.75) is 53.6 Å². The third-order valence-electron chi connectivity index (χ3n) is 7.73. The number of carboxylic acids is 2. The number of carbonyl (C=O) groups is 8. The molecule has 2 amide bonds. The Morgan fingerprint density at radius 1 is 0.519 bits per heavy atom. The highest BCUT2D eigenvalue weighted by molar-refractivity contribution is 6.11. The van der Waals surface area contributed by atoms with Gasteiger partial charge in [-0.25, -0.2) is 19.2 Å². The van der Waals surface area contributed by atoms with E-state index in [2.05, 4.69) is 31.4 Å². The van der Waals surface area contributed by atoms with Crippen LogP contribution < -0.4 is 10.6 Å². The number of anilines is 2. The van der Waals surface area contributed by atoms with Crippen LogP contribution in [0.1, 0.15) is 77.5 Å². The Balaban J connectivity index is 1.61. The molecule has 0 aliphatic carbocycles. The van der Waals surface area contributed by atoms with E-state index in [-0.39, 0.29) is 33.6 Å². The fraction of sp³-hybridized carbons (Fsp3) is 0.235.